The number of benzene rings is 2. The number of epoxide rings is 1. The van der Waals surface area contributed by atoms with E-state index in [-0.39, 0.29) is 5.60 Å². The minimum atomic E-state index is -0.231. The largest absolute Gasteiger partial charge is 0.457 e. The molecule has 0 N–H and O–H groups in total. The van der Waals surface area contributed by atoms with E-state index < -0.39 is 0 Å². The molecule has 2 aliphatic heterocycles. The topological polar surface area (TPSA) is 21.8 Å². The quantitative estimate of drug-likeness (QED) is 0.623. The summed E-state index contributed by atoms with van der Waals surface area (Å²) in [6.07, 6.45) is 0. The average molecular weight is 210 g/mol. The smallest absolute Gasteiger partial charge is 0.149 e. The third-order valence-corrected chi connectivity index (χ3v) is 3.30. The Morgan fingerprint density at radius 2 is 1.31 bits per heavy atom. The number of hydrogen-bond acceptors (Lipinski definition) is 2. The third kappa shape index (κ3) is 0.902. The summed E-state index contributed by atoms with van der Waals surface area (Å²) in [6, 6.07) is 16.2. The molecule has 2 aliphatic rings. The first-order chi connectivity index (χ1) is 7.90. The predicted octanol–water partition coefficient (Wildman–Crippen LogP) is 3.07. The third-order valence-electron chi connectivity index (χ3n) is 3.30. The molecular formula is C14H10O2. The molecule has 2 aromatic carbocycles. The molecule has 2 aromatic rings. The molecule has 16 heavy (non-hydrogen) atoms. The second-order valence-corrected chi connectivity index (χ2v) is 4.21. The van der Waals surface area contributed by atoms with Crippen LogP contribution in [0.1, 0.15) is 11.1 Å². The summed E-state index contributed by atoms with van der Waals surface area (Å²) in [5.41, 5.74) is 2.06. The maximum atomic E-state index is 5.87. The van der Waals surface area contributed by atoms with Gasteiger partial charge in [0.05, 0.1) is 6.61 Å². The Kier molecular flexibility index (Phi) is 1.39. The fourth-order valence-corrected chi connectivity index (χ4v) is 2.43. The molecule has 0 saturated carbocycles. The number of fused-ring (bicyclic) bond motifs is 4. The van der Waals surface area contributed by atoms with E-state index in [2.05, 4.69) is 12.1 Å². The van der Waals surface area contributed by atoms with Gasteiger partial charge >= 0.3 is 0 Å². The summed E-state index contributed by atoms with van der Waals surface area (Å²) < 4.78 is 11.6. The molecule has 0 aliphatic carbocycles. The minimum Gasteiger partial charge on any atom is -0.457 e. The normalized spacial score (nSPS) is 18.5. The molecule has 1 fully saturated rings. The number of hydrogen-bond donors (Lipinski definition) is 0. The van der Waals surface area contributed by atoms with Gasteiger partial charge in [0.15, 0.2) is 0 Å². The maximum absolute atomic E-state index is 5.87. The van der Waals surface area contributed by atoms with Crippen molar-refractivity contribution >= 4 is 0 Å². The van der Waals surface area contributed by atoms with Gasteiger partial charge in [-0.3, -0.25) is 0 Å². The van der Waals surface area contributed by atoms with Crippen LogP contribution in [0.5, 0.6) is 11.5 Å². The molecule has 0 amide bonds. The Bertz CT molecular complexity index is 523. The number of ether oxygens (including phenoxy) is 2. The van der Waals surface area contributed by atoms with E-state index in [1.807, 2.05) is 36.4 Å². The molecule has 0 unspecified atom stereocenters. The average Bonchev–Trinajstić information content (AvgIpc) is 3.11. The van der Waals surface area contributed by atoms with Crippen molar-refractivity contribution in [3.8, 4) is 11.5 Å². The number of para-hydroxylation sites is 2. The van der Waals surface area contributed by atoms with E-state index in [0.29, 0.717) is 0 Å². The number of rotatable bonds is 0. The molecule has 0 radical (unpaired) electrons. The van der Waals surface area contributed by atoms with Gasteiger partial charge in [0.25, 0.3) is 0 Å². The first-order valence-corrected chi connectivity index (χ1v) is 5.41. The summed E-state index contributed by atoms with van der Waals surface area (Å²) >= 11 is 0. The fraction of sp³-hybridized carbons (Fsp3) is 0.143. The van der Waals surface area contributed by atoms with Crippen LogP contribution in [0.3, 0.4) is 0 Å². The van der Waals surface area contributed by atoms with Gasteiger partial charge in [-0.1, -0.05) is 36.4 Å². The first-order valence-electron chi connectivity index (χ1n) is 5.41. The lowest BCUT2D eigenvalue weighted by Crippen LogP contribution is -2.17. The van der Waals surface area contributed by atoms with Crippen LogP contribution in [-0.4, -0.2) is 6.61 Å². The lowest BCUT2D eigenvalue weighted by atomic mass is 9.88. The Hall–Kier alpha value is -1.80. The van der Waals surface area contributed by atoms with Crippen molar-refractivity contribution in [3.63, 3.8) is 0 Å². The van der Waals surface area contributed by atoms with E-state index in [4.69, 9.17) is 9.47 Å². The molecule has 0 aromatic heterocycles. The molecule has 78 valence electrons. The zero-order chi connectivity index (χ0) is 10.6. The highest BCUT2D eigenvalue weighted by Gasteiger charge is 2.53. The highest BCUT2D eigenvalue weighted by molar-refractivity contribution is 5.58. The summed E-state index contributed by atoms with van der Waals surface area (Å²) in [5.74, 6) is 1.83. The van der Waals surface area contributed by atoms with Gasteiger partial charge in [0, 0.05) is 11.1 Å². The van der Waals surface area contributed by atoms with Crippen LogP contribution in [0.2, 0.25) is 0 Å². The van der Waals surface area contributed by atoms with Crippen molar-refractivity contribution in [1.82, 2.24) is 0 Å². The molecule has 0 atom stereocenters. The second kappa shape index (κ2) is 2.66. The van der Waals surface area contributed by atoms with E-state index in [1.54, 1.807) is 0 Å². The van der Waals surface area contributed by atoms with Gasteiger partial charge in [0.2, 0.25) is 0 Å². The van der Waals surface area contributed by atoms with Crippen molar-refractivity contribution in [3.05, 3.63) is 59.7 Å². The lowest BCUT2D eigenvalue weighted by Gasteiger charge is -2.25. The highest BCUT2D eigenvalue weighted by atomic mass is 16.6. The highest BCUT2D eigenvalue weighted by Crippen LogP contribution is 2.55. The second-order valence-electron chi connectivity index (χ2n) is 4.21. The Morgan fingerprint density at radius 1 is 0.812 bits per heavy atom. The SMILES string of the molecule is c1ccc2c(c1)Oc1ccccc1C21CO1. The summed E-state index contributed by atoms with van der Waals surface area (Å²) in [5, 5.41) is 0. The molecule has 1 saturated heterocycles. The lowest BCUT2D eigenvalue weighted by molar-refractivity contribution is 0.317. The van der Waals surface area contributed by atoms with E-state index >= 15 is 0 Å². The molecule has 1 spiro atoms. The van der Waals surface area contributed by atoms with E-state index in [1.165, 1.54) is 0 Å². The van der Waals surface area contributed by atoms with Crippen LogP contribution in [0, 0.1) is 0 Å². The molecule has 0 bridgehead atoms. The van der Waals surface area contributed by atoms with Crippen LogP contribution in [0.25, 0.3) is 0 Å². The molecular weight excluding hydrogens is 200 g/mol. The van der Waals surface area contributed by atoms with Gasteiger partial charge in [0.1, 0.15) is 17.1 Å². The van der Waals surface area contributed by atoms with Crippen molar-refractivity contribution in [2.45, 2.75) is 5.60 Å². The molecule has 2 heteroatoms. The van der Waals surface area contributed by atoms with Crippen molar-refractivity contribution in [2.24, 2.45) is 0 Å². The van der Waals surface area contributed by atoms with Crippen LogP contribution < -0.4 is 4.74 Å². The standard InChI is InChI=1S/C14H10O2/c1-3-7-12-10(5-1)14(9-15-14)11-6-2-4-8-13(11)16-12/h1-8H,9H2. The monoisotopic (exact) mass is 210 g/mol. The van der Waals surface area contributed by atoms with Crippen LogP contribution >= 0.6 is 0 Å². The summed E-state index contributed by atoms with van der Waals surface area (Å²) in [4.78, 5) is 0. The van der Waals surface area contributed by atoms with Crippen molar-refractivity contribution in [1.29, 1.82) is 0 Å². The molecule has 4 rings (SSSR count). The minimum absolute atomic E-state index is 0.231. The first kappa shape index (κ1) is 8.36. The van der Waals surface area contributed by atoms with Crippen molar-refractivity contribution < 1.29 is 9.47 Å². The zero-order valence-corrected chi connectivity index (χ0v) is 8.64. The van der Waals surface area contributed by atoms with Gasteiger partial charge in [-0.25, -0.2) is 0 Å². The Balaban J connectivity index is 2.02. The van der Waals surface area contributed by atoms with Crippen molar-refractivity contribution in [2.75, 3.05) is 6.61 Å². The predicted molar refractivity (Wildman–Crippen MR) is 59.7 cm³/mol. The van der Waals surface area contributed by atoms with Gasteiger partial charge < -0.3 is 9.47 Å². The molecule has 2 heterocycles. The van der Waals surface area contributed by atoms with Gasteiger partial charge in [-0.2, -0.15) is 0 Å². The van der Waals surface area contributed by atoms with E-state index in [9.17, 15) is 0 Å². The molecule has 2 nitrogen and oxygen atoms in total. The summed E-state index contributed by atoms with van der Waals surface area (Å²) in [7, 11) is 0. The van der Waals surface area contributed by atoms with Gasteiger partial charge in [-0.05, 0) is 12.1 Å². The van der Waals surface area contributed by atoms with Crippen LogP contribution in [0.15, 0.2) is 48.5 Å². The van der Waals surface area contributed by atoms with Crippen LogP contribution in [0.4, 0.5) is 0 Å². The van der Waals surface area contributed by atoms with Crippen LogP contribution in [-0.2, 0) is 10.3 Å². The van der Waals surface area contributed by atoms with Gasteiger partial charge in [-0.15, -0.1) is 0 Å². The zero-order valence-electron chi connectivity index (χ0n) is 8.64. The fourth-order valence-electron chi connectivity index (χ4n) is 2.43. The van der Waals surface area contributed by atoms with E-state index in [0.717, 1.165) is 29.2 Å². The maximum Gasteiger partial charge on any atom is 0.149 e. The summed E-state index contributed by atoms with van der Waals surface area (Å²) in [6.45, 7) is 0.754. The Morgan fingerprint density at radius 3 is 1.81 bits per heavy atom. The Labute approximate surface area is 93.4 Å².